The second kappa shape index (κ2) is 5.39. The Morgan fingerprint density at radius 1 is 1.38 bits per heavy atom. The smallest absolute Gasteiger partial charge is 0.162 e. The fraction of sp³-hybridized carbons (Fsp3) is 0.417. The summed E-state index contributed by atoms with van der Waals surface area (Å²) < 4.78 is 11.0. The van der Waals surface area contributed by atoms with E-state index in [-0.39, 0.29) is 11.9 Å². The molecule has 0 spiro atoms. The van der Waals surface area contributed by atoms with Crippen LogP contribution in [0.2, 0.25) is 0 Å². The minimum absolute atomic E-state index is 0.0247. The number of amidine groups is 1. The van der Waals surface area contributed by atoms with E-state index >= 15 is 0 Å². The van der Waals surface area contributed by atoms with E-state index in [9.17, 15) is 0 Å². The van der Waals surface area contributed by atoms with Gasteiger partial charge in [0.15, 0.2) is 11.5 Å². The molecule has 0 aromatic heterocycles. The molecule has 1 aromatic rings. The third-order valence-electron chi connectivity index (χ3n) is 1.92. The summed E-state index contributed by atoms with van der Waals surface area (Å²) in [7, 11) is 0. The van der Waals surface area contributed by atoms with Crippen LogP contribution in [0, 0.1) is 5.41 Å². The van der Waals surface area contributed by atoms with Gasteiger partial charge in [-0.2, -0.15) is 0 Å². The first kappa shape index (κ1) is 12.4. The molecule has 16 heavy (non-hydrogen) atoms. The van der Waals surface area contributed by atoms with Crippen LogP contribution >= 0.6 is 0 Å². The van der Waals surface area contributed by atoms with E-state index in [2.05, 4.69) is 0 Å². The standard InChI is InChI=1S/C12H18N2O2/c1-4-15-10-6-5-9(12(13)14)7-11(10)16-8(2)3/h5-8H,4H2,1-3H3,(H3,13,14). The molecule has 88 valence electrons. The van der Waals surface area contributed by atoms with Crippen molar-refractivity contribution in [2.24, 2.45) is 5.73 Å². The highest BCUT2D eigenvalue weighted by Gasteiger charge is 2.09. The molecule has 0 radical (unpaired) electrons. The van der Waals surface area contributed by atoms with Crippen molar-refractivity contribution < 1.29 is 9.47 Å². The first-order valence-electron chi connectivity index (χ1n) is 5.32. The number of hydrogen-bond donors (Lipinski definition) is 2. The molecule has 0 aliphatic rings. The molecule has 0 aliphatic heterocycles. The SMILES string of the molecule is CCOc1ccc(C(=N)N)cc1OC(C)C. The van der Waals surface area contributed by atoms with E-state index in [1.165, 1.54) is 0 Å². The van der Waals surface area contributed by atoms with Crippen LogP contribution in [0.25, 0.3) is 0 Å². The Hall–Kier alpha value is -1.71. The predicted octanol–water partition coefficient (Wildman–Crippen LogP) is 2.16. The lowest BCUT2D eigenvalue weighted by molar-refractivity contribution is 0.224. The molecule has 3 N–H and O–H groups in total. The van der Waals surface area contributed by atoms with Gasteiger partial charge in [-0.25, -0.2) is 0 Å². The van der Waals surface area contributed by atoms with Crippen LogP contribution in [0.5, 0.6) is 11.5 Å². The van der Waals surface area contributed by atoms with Gasteiger partial charge in [0.1, 0.15) is 5.84 Å². The number of ether oxygens (including phenoxy) is 2. The lowest BCUT2D eigenvalue weighted by atomic mass is 10.2. The zero-order chi connectivity index (χ0) is 12.1. The summed E-state index contributed by atoms with van der Waals surface area (Å²) in [6.07, 6.45) is 0.0569. The van der Waals surface area contributed by atoms with E-state index in [1.54, 1.807) is 18.2 Å². The number of nitrogen functional groups attached to an aromatic ring is 1. The number of benzene rings is 1. The fourth-order valence-corrected chi connectivity index (χ4v) is 1.30. The van der Waals surface area contributed by atoms with Crippen molar-refractivity contribution in [2.75, 3.05) is 6.61 Å². The van der Waals surface area contributed by atoms with Gasteiger partial charge in [-0.05, 0) is 39.0 Å². The zero-order valence-corrected chi connectivity index (χ0v) is 9.91. The molecule has 0 aliphatic carbocycles. The van der Waals surface area contributed by atoms with E-state index in [0.29, 0.717) is 23.7 Å². The van der Waals surface area contributed by atoms with Gasteiger partial charge < -0.3 is 15.2 Å². The Morgan fingerprint density at radius 3 is 2.56 bits per heavy atom. The van der Waals surface area contributed by atoms with Crippen LogP contribution in [-0.2, 0) is 0 Å². The van der Waals surface area contributed by atoms with Gasteiger partial charge in [0.2, 0.25) is 0 Å². The van der Waals surface area contributed by atoms with E-state index < -0.39 is 0 Å². The Labute approximate surface area is 95.9 Å². The van der Waals surface area contributed by atoms with Crippen molar-refractivity contribution in [3.8, 4) is 11.5 Å². The van der Waals surface area contributed by atoms with Gasteiger partial charge in [-0.15, -0.1) is 0 Å². The van der Waals surface area contributed by atoms with Crippen LogP contribution in [0.4, 0.5) is 0 Å². The molecule has 0 saturated heterocycles. The monoisotopic (exact) mass is 222 g/mol. The van der Waals surface area contributed by atoms with Gasteiger partial charge in [0.25, 0.3) is 0 Å². The van der Waals surface area contributed by atoms with Crippen LogP contribution in [-0.4, -0.2) is 18.5 Å². The lowest BCUT2D eigenvalue weighted by Crippen LogP contribution is -2.13. The zero-order valence-electron chi connectivity index (χ0n) is 9.91. The summed E-state index contributed by atoms with van der Waals surface area (Å²) in [5.41, 5.74) is 6.06. The maximum absolute atomic E-state index is 7.37. The van der Waals surface area contributed by atoms with Gasteiger partial charge >= 0.3 is 0 Å². The third kappa shape index (κ3) is 3.15. The van der Waals surface area contributed by atoms with Crippen molar-refractivity contribution >= 4 is 5.84 Å². The highest BCUT2D eigenvalue weighted by Crippen LogP contribution is 2.29. The number of rotatable bonds is 5. The van der Waals surface area contributed by atoms with Crippen LogP contribution in [0.1, 0.15) is 26.3 Å². The highest BCUT2D eigenvalue weighted by molar-refractivity contribution is 5.95. The molecule has 0 fully saturated rings. The summed E-state index contributed by atoms with van der Waals surface area (Å²) in [6.45, 7) is 6.37. The summed E-state index contributed by atoms with van der Waals surface area (Å²) in [5, 5.41) is 7.37. The van der Waals surface area contributed by atoms with Gasteiger partial charge in [0.05, 0.1) is 12.7 Å². The Balaban J connectivity index is 3.05. The normalized spacial score (nSPS) is 10.2. The average molecular weight is 222 g/mol. The van der Waals surface area contributed by atoms with E-state index in [0.717, 1.165) is 0 Å². The van der Waals surface area contributed by atoms with Gasteiger partial charge in [-0.1, -0.05) is 0 Å². The minimum Gasteiger partial charge on any atom is -0.490 e. The van der Waals surface area contributed by atoms with Crippen molar-refractivity contribution in [3.63, 3.8) is 0 Å². The topological polar surface area (TPSA) is 68.3 Å². The van der Waals surface area contributed by atoms with Crippen molar-refractivity contribution in [2.45, 2.75) is 26.9 Å². The summed E-state index contributed by atoms with van der Waals surface area (Å²) >= 11 is 0. The number of nitrogens with two attached hydrogens (primary N) is 1. The van der Waals surface area contributed by atoms with Gasteiger partial charge in [0, 0.05) is 5.56 Å². The average Bonchev–Trinajstić information content (AvgIpc) is 2.19. The van der Waals surface area contributed by atoms with Gasteiger partial charge in [-0.3, -0.25) is 5.41 Å². The first-order valence-corrected chi connectivity index (χ1v) is 5.32. The molecule has 0 heterocycles. The van der Waals surface area contributed by atoms with Crippen LogP contribution < -0.4 is 15.2 Å². The largest absolute Gasteiger partial charge is 0.490 e. The molecule has 0 bridgehead atoms. The maximum Gasteiger partial charge on any atom is 0.162 e. The van der Waals surface area contributed by atoms with E-state index in [1.807, 2.05) is 20.8 Å². The predicted molar refractivity (Wildman–Crippen MR) is 64.4 cm³/mol. The molecular formula is C12H18N2O2. The second-order valence-electron chi connectivity index (χ2n) is 3.67. The van der Waals surface area contributed by atoms with E-state index in [4.69, 9.17) is 20.6 Å². The Bertz CT molecular complexity index is 375. The van der Waals surface area contributed by atoms with Crippen molar-refractivity contribution in [3.05, 3.63) is 23.8 Å². The molecule has 0 saturated carbocycles. The minimum atomic E-state index is 0.0247. The highest BCUT2D eigenvalue weighted by atomic mass is 16.5. The fourth-order valence-electron chi connectivity index (χ4n) is 1.30. The van der Waals surface area contributed by atoms with Crippen LogP contribution in [0.15, 0.2) is 18.2 Å². The van der Waals surface area contributed by atoms with Crippen LogP contribution in [0.3, 0.4) is 0 Å². The lowest BCUT2D eigenvalue weighted by Gasteiger charge is -2.15. The second-order valence-corrected chi connectivity index (χ2v) is 3.67. The summed E-state index contributed by atoms with van der Waals surface area (Å²) in [6, 6.07) is 5.26. The molecule has 4 heteroatoms. The number of hydrogen-bond acceptors (Lipinski definition) is 3. The Kier molecular flexibility index (Phi) is 4.17. The molecule has 0 unspecified atom stereocenters. The molecule has 0 atom stereocenters. The molecule has 0 amide bonds. The molecule has 4 nitrogen and oxygen atoms in total. The summed E-state index contributed by atoms with van der Waals surface area (Å²) in [5.74, 6) is 1.34. The van der Waals surface area contributed by atoms with Crippen molar-refractivity contribution in [1.82, 2.24) is 0 Å². The van der Waals surface area contributed by atoms with Crippen molar-refractivity contribution in [1.29, 1.82) is 5.41 Å². The Morgan fingerprint density at radius 2 is 2.06 bits per heavy atom. The summed E-state index contributed by atoms with van der Waals surface area (Å²) in [4.78, 5) is 0. The molecule has 1 rings (SSSR count). The quantitative estimate of drug-likeness (QED) is 0.592. The number of nitrogens with one attached hydrogen (secondary N) is 1. The molecule has 1 aromatic carbocycles. The third-order valence-corrected chi connectivity index (χ3v) is 1.92. The maximum atomic E-state index is 7.37. The first-order chi connectivity index (χ1) is 7.54. The molecular weight excluding hydrogens is 204 g/mol.